The molecular formula is C19H30N2O5S. The minimum atomic E-state index is -0.576. The molecule has 3 rings (SSSR count). The third-order valence-electron chi connectivity index (χ3n) is 5.99. The normalized spacial score (nSPS) is 34.0. The van der Waals surface area contributed by atoms with Crippen LogP contribution in [0.1, 0.15) is 46.0 Å². The molecule has 2 bridgehead atoms. The van der Waals surface area contributed by atoms with Gasteiger partial charge in [0.2, 0.25) is 11.8 Å². The Morgan fingerprint density at radius 3 is 2.81 bits per heavy atom. The molecule has 3 fully saturated rings. The highest BCUT2D eigenvalue weighted by Crippen LogP contribution is 2.66. The molecule has 5 atom stereocenters. The van der Waals surface area contributed by atoms with Crippen molar-refractivity contribution in [3.8, 4) is 0 Å². The van der Waals surface area contributed by atoms with E-state index in [1.165, 1.54) is 0 Å². The van der Waals surface area contributed by atoms with E-state index in [1.54, 1.807) is 23.6 Å². The number of nitrogens with one attached hydrogen (secondary N) is 1. The molecule has 0 aromatic rings. The van der Waals surface area contributed by atoms with Gasteiger partial charge in [-0.25, -0.2) is 0 Å². The van der Waals surface area contributed by atoms with Crippen LogP contribution in [0.25, 0.3) is 0 Å². The van der Waals surface area contributed by atoms with Crippen LogP contribution in [0, 0.1) is 11.8 Å². The van der Waals surface area contributed by atoms with Crippen molar-refractivity contribution in [3.05, 3.63) is 0 Å². The Hall–Kier alpha value is -1.28. The van der Waals surface area contributed by atoms with Crippen LogP contribution >= 0.6 is 11.8 Å². The summed E-state index contributed by atoms with van der Waals surface area (Å²) in [5.41, 5.74) is 0. The summed E-state index contributed by atoms with van der Waals surface area (Å²) in [7, 11) is 0. The average molecular weight is 399 g/mol. The van der Waals surface area contributed by atoms with Crippen LogP contribution in [0.5, 0.6) is 0 Å². The van der Waals surface area contributed by atoms with Crippen molar-refractivity contribution in [1.82, 2.24) is 10.2 Å². The minimum Gasteiger partial charge on any atom is -0.466 e. The van der Waals surface area contributed by atoms with Gasteiger partial charge in [0.25, 0.3) is 0 Å². The van der Waals surface area contributed by atoms with Crippen molar-refractivity contribution in [2.24, 2.45) is 11.8 Å². The number of aliphatic hydroxyl groups excluding tert-OH is 1. The van der Waals surface area contributed by atoms with Gasteiger partial charge in [-0.1, -0.05) is 13.3 Å². The maximum Gasteiger partial charge on any atom is 0.310 e. The number of ether oxygens (including phenoxy) is 1. The SMILES string of the molecule is CCCCNC(=O)C1N(CCCO)C(=O)[C@@H]2[C@H](C(=O)OCC)[C@@H]3CCC12S3. The van der Waals surface area contributed by atoms with Crippen LogP contribution in [0.2, 0.25) is 0 Å². The number of hydrogen-bond donors (Lipinski definition) is 2. The number of hydrogen-bond acceptors (Lipinski definition) is 6. The summed E-state index contributed by atoms with van der Waals surface area (Å²) < 4.78 is 4.71. The maximum atomic E-state index is 13.3. The molecule has 0 radical (unpaired) electrons. The minimum absolute atomic E-state index is 0.0390. The molecule has 2 N–H and O–H groups in total. The topological polar surface area (TPSA) is 95.9 Å². The first kappa shape index (κ1) is 20.5. The summed E-state index contributed by atoms with van der Waals surface area (Å²) in [6.07, 6.45) is 3.88. The Bertz CT molecular complexity index is 601. The number of nitrogens with zero attached hydrogens (tertiary/aromatic N) is 1. The fourth-order valence-corrected chi connectivity index (χ4v) is 7.13. The van der Waals surface area contributed by atoms with Gasteiger partial charge in [-0.15, -0.1) is 11.8 Å². The largest absolute Gasteiger partial charge is 0.466 e. The first-order valence-electron chi connectivity index (χ1n) is 10.0. The number of esters is 1. The van der Waals surface area contributed by atoms with Gasteiger partial charge in [0, 0.05) is 24.9 Å². The lowest BCUT2D eigenvalue weighted by atomic mass is 9.71. The van der Waals surface area contributed by atoms with Crippen molar-refractivity contribution in [3.63, 3.8) is 0 Å². The van der Waals surface area contributed by atoms with Crippen molar-refractivity contribution in [2.75, 3.05) is 26.3 Å². The van der Waals surface area contributed by atoms with E-state index in [9.17, 15) is 19.5 Å². The summed E-state index contributed by atoms with van der Waals surface area (Å²) in [5, 5.41) is 12.3. The fraction of sp³-hybridized carbons (Fsp3) is 0.842. The summed E-state index contributed by atoms with van der Waals surface area (Å²) >= 11 is 1.64. The molecule has 27 heavy (non-hydrogen) atoms. The zero-order chi connectivity index (χ0) is 19.6. The molecular weight excluding hydrogens is 368 g/mol. The van der Waals surface area contributed by atoms with Gasteiger partial charge >= 0.3 is 5.97 Å². The van der Waals surface area contributed by atoms with Crippen LogP contribution in [0.3, 0.4) is 0 Å². The van der Waals surface area contributed by atoms with Crippen molar-refractivity contribution < 1.29 is 24.2 Å². The number of aliphatic hydroxyl groups is 1. The van der Waals surface area contributed by atoms with E-state index in [4.69, 9.17) is 4.74 Å². The summed E-state index contributed by atoms with van der Waals surface area (Å²) in [5.74, 6) is -1.55. The average Bonchev–Trinajstić information content (AvgIpc) is 3.28. The van der Waals surface area contributed by atoms with Gasteiger partial charge in [0.15, 0.2) is 0 Å². The third kappa shape index (κ3) is 3.35. The summed E-state index contributed by atoms with van der Waals surface area (Å²) in [6, 6.07) is -0.576. The number of carbonyl (C=O) groups is 3. The van der Waals surface area contributed by atoms with Gasteiger partial charge in [-0.2, -0.15) is 0 Å². The van der Waals surface area contributed by atoms with Crippen LogP contribution in [0.4, 0.5) is 0 Å². The van der Waals surface area contributed by atoms with E-state index in [2.05, 4.69) is 12.2 Å². The van der Waals surface area contributed by atoms with E-state index >= 15 is 0 Å². The van der Waals surface area contributed by atoms with E-state index in [1.807, 2.05) is 0 Å². The number of thioether (sulfide) groups is 1. The van der Waals surface area contributed by atoms with Crippen LogP contribution < -0.4 is 5.32 Å². The predicted octanol–water partition coefficient (Wildman–Crippen LogP) is 0.939. The molecule has 3 saturated heterocycles. The lowest BCUT2D eigenvalue weighted by molar-refractivity contribution is -0.153. The Labute approximate surface area is 164 Å². The smallest absolute Gasteiger partial charge is 0.310 e. The lowest BCUT2D eigenvalue weighted by Gasteiger charge is -2.34. The molecule has 2 amide bonds. The van der Waals surface area contributed by atoms with Crippen molar-refractivity contribution >= 4 is 29.5 Å². The Morgan fingerprint density at radius 1 is 1.37 bits per heavy atom. The van der Waals surface area contributed by atoms with E-state index in [0.717, 1.165) is 25.7 Å². The van der Waals surface area contributed by atoms with Crippen molar-refractivity contribution in [2.45, 2.75) is 62.0 Å². The van der Waals surface area contributed by atoms with Crippen molar-refractivity contribution in [1.29, 1.82) is 0 Å². The Kier molecular flexibility index (Phi) is 6.35. The molecule has 0 aromatic heterocycles. The molecule has 8 heteroatoms. The van der Waals surface area contributed by atoms with Gasteiger partial charge in [-0.05, 0) is 32.6 Å². The highest BCUT2D eigenvalue weighted by atomic mass is 32.2. The number of likely N-dealkylation sites (tertiary alicyclic amines) is 1. The second-order valence-electron chi connectivity index (χ2n) is 7.56. The van der Waals surface area contributed by atoms with E-state index < -0.39 is 22.6 Å². The number of carbonyl (C=O) groups excluding carboxylic acids is 3. The molecule has 152 valence electrons. The van der Waals surface area contributed by atoms with Crippen LogP contribution in [0.15, 0.2) is 0 Å². The molecule has 0 aromatic carbocycles. The fourth-order valence-electron chi connectivity index (χ4n) is 4.93. The lowest BCUT2D eigenvalue weighted by Crippen LogP contribution is -2.53. The first-order valence-corrected chi connectivity index (χ1v) is 10.9. The van der Waals surface area contributed by atoms with E-state index in [0.29, 0.717) is 19.5 Å². The maximum absolute atomic E-state index is 13.3. The summed E-state index contributed by atoms with van der Waals surface area (Å²) in [6.45, 7) is 5.00. The van der Waals surface area contributed by atoms with Crippen LogP contribution in [-0.4, -0.2) is 70.1 Å². The zero-order valence-corrected chi connectivity index (χ0v) is 16.9. The molecule has 0 aliphatic carbocycles. The quantitative estimate of drug-likeness (QED) is 0.443. The Balaban J connectivity index is 1.90. The molecule has 3 aliphatic heterocycles. The number of rotatable bonds is 9. The molecule has 1 spiro atoms. The number of fused-ring (bicyclic) bond motifs is 1. The molecule has 2 unspecified atom stereocenters. The third-order valence-corrected chi connectivity index (χ3v) is 7.95. The summed E-state index contributed by atoms with van der Waals surface area (Å²) in [4.78, 5) is 40.5. The highest BCUT2D eigenvalue weighted by molar-refractivity contribution is 8.02. The van der Waals surface area contributed by atoms with Gasteiger partial charge in [0.1, 0.15) is 6.04 Å². The monoisotopic (exact) mass is 398 g/mol. The first-order chi connectivity index (χ1) is 13.0. The van der Waals surface area contributed by atoms with Gasteiger partial charge in [0.05, 0.1) is 23.2 Å². The Morgan fingerprint density at radius 2 is 2.15 bits per heavy atom. The zero-order valence-electron chi connectivity index (χ0n) is 16.1. The predicted molar refractivity (Wildman–Crippen MR) is 102 cm³/mol. The molecule has 3 aliphatic rings. The second-order valence-corrected chi connectivity index (χ2v) is 9.16. The van der Waals surface area contributed by atoms with Gasteiger partial charge in [-0.3, -0.25) is 14.4 Å². The standard InChI is InChI=1S/C19H30N2O5S/c1-3-5-9-20-16(23)15-19-8-7-12(27-19)13(18(25)26-4-2)14(19)17(24)21(15)10-6-11-22/h12-15,22H,3-11H2,1-2H3,(H,20,23)/t12-,13+,14-,15?,19?/m0/s1. The molecule has 7 nitrogen and oxygen atoms in total. The van der Waals surface area contributed by atoms with E-state index in [-0.39, 0.29) is 36.2 Å². The number of unbranched alkanes of at least 4 members (excludes halogenated alkanes) is 1. The molecule has 0 saturated carbocycles. The number of amides is 2. The second kappa shape index (κ2) is 8.39. The highest BCUT2D eigenvalue weighted by Gasteiger charge is 2.73. The van der Waals surface area contributed by atoms with Crippen LogP contribution in [-0.2, 0) is 19.1 Å². The van der Waals surface area contributed by atoms with Gasteiger partial charge < -0.3 is 20.1 Å². The molecule has 3 heterocycles.